The van der Waals surface area contributed by atoms with Crippen molar-refractivity contribution in [2.45, 2.75) is 25.5 Å². The highest BCUT2D eigenvalue weighted by atomic mass is 16.5. The predicted molar refractivity (Wildman–Crippen MR) is 93.4 cm³/mol. The van der Waals surface area contributed by atoms with Crippen LogP contribution in [0.4, 0.5) is 0 Å². The van der Waals surface area contributed by atoms with Gasteiger partial charge in [-0.2, -0.15) is 0 Å². The van der Waals surface area contributed by atoms with Gasteiger partial charge in [0, 0.05) is 0 Å². The van der Waals surface area contributed by atoms with E-state index >= 15 is 0 Å². The van der Waals surface area contributed by atoms with Crippen LogP contribution in [-0.2, 0) is 16.0 Å². The third kappa shape index (κ3) is 3.88. The van der Waals surface area contributed by atoms with Gasteiger partial charge in [-0.25, -0.2) is 4.79 Å². The van der Waals surface area contributed by atoms with Crippen LogP contribution in [0, 0.1) is 0 Å². The highest BCUT2D eigenvalue weighted by molar-refractivity contribution is 5.91. The molecule has 1 saturated heterocycles. The minimum Gasteiger partial charge on any atom is -0.478 e. The molecule has 2 atom stereocenters. The first-order valence-corrected chi connectivity index (χ1v) is 8.33. The molecule has 25 heavy (non-hydrogen) atoms. The van der Waals surface area contributed by atoms with Crippen molar-refractivity contribution >= 4 is 11.9 Å². The van der Waals surface area contributed by atoms with Crippen LogP contribution in [-0.4, -0.2) is 41.1 Å². The fourth-order valence-electron chi connectivity index (χ4n) is 3.12. The van der Waals surface area contributed by atoms with E-state index in [9.17, 15) is 14.7 Å². The standard InChI is InChI=1S/C20H21NO4/c1-14-13-25-18(15-7-3-2-4-8-15)12-21(14)19(22)11-16-9-5-6-10-17(16)20(23)24/h2-10,14,18H,11-13H2,1H3,(H,23,24). The van der Waals surface area contributed by atoms with Crippen LogP contribution in [0.2, 0.25) is 0 Å². The summed E-state index contributed by atoms with van der Waals surface area (Å²) in [6.45, 7) is 2.88. The average Bonchev–Trinajstić information content (AvgIpc) is 2.63. The maximum absolute atomic E-state index is 12.8. The molecule has 3 rings (SSSR count). The first-order chi connectivity index (χ1) is 12.1. The third-order valence-corrected chi connectivity index (χ3v) is 4.51. The van der Waals surface area contributed by atoms with E-state index in [0.29, 0.717) is 18.7 Å². The SMILES string of the molecule is CC1COC(c2ccccc2)CN1C(=O)Cc1ccccc1C(=O)O. The highest BCUT2D eigenvalue weighted by Crippen LogP contribution is 2.25. The van der Waals surface area contributed by atoms with Gasteiger partial charge in [-0.3, -0.25) is 4.79 Å². The zero-order chi connectivity index (χ0) is 17.8. The van der Waals surface area contributed by atoms with Crippen LogP contribution in [0.3, 0.4) is 0 Å². The summed E-state index contributed by atoms with van der Waals surface area (Å²) in [5, 5.41) is 9.29. The molecule has 1 amide bonds. The number of carboxylic acid groups (broad SMARTS) is 1. The number of carbonyl (C=O) groups excluding carboxylic acids is 1. The largest absolute Gasteiger partial charge is 0.478 e. The summed E-state index contributed by atoms with van der Waals surface area (Å²) in [5.41, 5.74) is 1.75. The number of hydrogen-bond acceptors (Lipinski definition) is 3. The summed E-state index contributed by atoms with van der Waals surface area (Å²) >= 11 is 0. The number of nitrogens with zero attached hydrogens (tertiary/aromatic N) is 1. The summed E-state index contributed by atoms with van der Waals surface area (Å²) < 4.78 is 5.88. The quantitative estimate of drug-likeness (QED) is 0.930. The number of aromatic carboxylic acids is 1. The second-order valence-corrected chi connectivity index (χ2v) is 6.27. The summed E-state index contributed by atoms with van der Waals surface area (Å²) in [4.78, 5) is 25.9. The van der Waals surface area contributed by atoms with Gasteiger partial charge < -0.3 is 14.7 Å². The minimum atomic E-state index is -1.01. The van der Waals surface area contributed by atoms with Crippen LogP contribution in [0.1, 0.15) is 34.5 Å². The lowest BCUT2D eigenvalue weighted by Crippen LogP contribution is -2.48. The molecule has 0 aromatic heterocycles. The molecule has 5 nitrogen and oxygen atoms in total. The van der Waals surface area contributed by atoms with Crippen molar-refractivity contribution in [1.82, 2.24) is 4.90 Å². The maximum Gasteiger partial charge on any atom is 0.335 e. The fourth-order valence-corrected chi connectivity index (χ4v) is 3.12. The van der Waals surface area contributed by atoms with Crippen molar-refractivity contribution in [3.05, 3.63) is 71.3 Å². The number of carboxylic acids is 1. The van der Waals surface area contributed by atoms with Crippen LogP contribution in [0.5, 0.6) is 0 Å². The van der Waals surface area contributed by atoms with E-state index in [4.69, 9.17) is 4.74 Å². The Morgan fingerprint density at radius 3 is 2.52 bits per heavy atom. The van der Waals surface area contributed by atoms with Crippen LogP contribution in [0.15, 0.2) is 54.6 Å². The predicted octanol–water partition coefficient (Wildman–Crippen LogP) is 2.92. The third-order valence-electron chi connectivity index (χ3n) is 4.51. The zero-order valence-corrected chi connectivity index (χ0v) is 14.1. The Labute approximate surface area is 146 Å². The molecule has 0 bridgehead atoms. The number of morpholine rings is 1. The maximum atomic E-state index is 12.8. The molecule has 0 spiro atoms. The van der Waals surface area contributed by atoms with Gasteiger partial charge in [0.2, 0.25) is 5.91 Å². The van der Waals surface area contributed by atoms with Gasteiger partial charge in [-0.15, -0.1) is 0 Å². The van der Waals surface area contributed by atoms with Crippen molar-refractivity contribution < 1.29 is 19.4 Å². The number of carbonyl (C=O) groups is 2. The second kappa shape index (κ2) is 7.49. The normalized spacial score (nSPS) is 20.3. The number of hydrogen-bond donors (Lipinski definition) is 1. The van der Waals surface area contributed by atoms with E-state index in [1.54, 1.807) is 23.1 Å². The molecular weight excluding hydrogens is 318 g/mol. The Hall–Kier alpha value is -2.66. The topological polar surface area (TPSA) is 66.8 Å². The van der Waals surface area contributed by atoms with Crippen molar-refractivity contribution in [3.63, 3.8) is 0 Å². The zero-order valence-electron chi connectivity index (χ0n) is 14.1. The van der Waals surface area contributed by atoms with E-state index in [1.165, 1.54) is 6.07 Å². The Balaban J connectivity index is 1.75. The molecule has 0 aliphatic carbocycles. The van der Waals surface area contributed by atoms with Crippen LogP contribution >= 0.6 is 0 Å². The van der Waals surface area contributed by atoms with Crippen LogP contribution < -0.4 is 0 Å². The van der Waals surface area contributed by atoms with Gasteiger partial charge in [0.15, 0.2) is 0 Å². The Morgan fingerprint density at radius 2 is 1.80 bits per heavy atom. The summed E-state index contributed by atoms with van der Waals surface area (Å²) in [6.07, 6.45) is -0.0787. The number of rotatable bonds is 4. The molecule has 130 valence electrons. The van der Waals surface area contributed by atoms with Gasteiger partial charge in [0.05, 0.1) is 31.2 Å². The van der Waals surface area contributed by atoms with Gasteiger partial charge in [-0.1, -0.05) is 48.5 Å². The molecule has 2 unspecified atom stereocenters. The molecule has 1 fully saturated rings. The van der Waals surface area contributed by atoms with Crippen molar-refractivity contribution in [2.75, 3.05) is 13.2 Å². The molecular formula is C20H21NO4. The summed E-state index contributed by atoms with van der Waals surface area (Å²) in [6, 6.07) is 16.4. The Kier molecular flexibility index (Phi) is 5.14. The molecule has 1 aliphatic rings. The summed E-state index contributed by atoms with van der Waals surface area (Å²) in [7, 11) is 0. The van der Waals surface area contributed by atoms with Gasteiger partial charge in [0.25, 0.3) is 0 Å². The molecule has 5 heteroatoms. The van der Waals surface area contributed by atoms with E-state index in [-0.39, 0.29) is 30.0 Å². The number of benzene rings is 2. The van der Waals surface area contributed by atoms with Crippen molar-refractivity contribution in [3.8, 4) is 0 Å². The number of amides is 1. The Morgan fingerprint density at radius 1 is 1.12 bits per heavy atom. The monoisotopic (exact) mass is 339 g/mol. The highest BCUT2D eigenvalue weighted by Gasteiger charge is 2.30. The van der Waals surface area contributed by atoms with Crippen molar-refractivity contribution in [2.24, 2.45) is 0 Å². The smallest absolute Gasteiger partial charge is 0.335 e. The Bertz CT molecular complexity index is 759. The van der Waals surface area contributed by atoms with Crippen molar-refractivity contribution in [1.29, 1.82) is 0 Å². The first kappa shape index (κ1) is 17.2. The fraction of sp³-hybridized carbons (Fsp3) is 0.300. The molecule has 1 N–H and O–H groups in total. The second-order valence-electron chi connectivity index (χ2n) is 6.27. The van der Waals surface area contributed by atoms with Gasteiger partial charge >= 0.3 is 5.97 Å². The molecule has 0 saturated carbocycles. The molecule has 1 heterocycles. The molecule has 1 aliphatic heterocycles. The lowest BCUT2D eigenvalue weighted by molar-refractivity contribution is -0.143. The van der Waals surface area contributed by atoms with E-state index in [2.05, 4.69) is 0 Å². The van der Waals surface area contributed by atoms with Crippen LogP contribution in [0.25, 0.3) is 0 Å². The van der Waals surface area contributed by atoms with Gasteiger partial charge in [-0.05, 0) is 24.1 Å². The minimum absolute atomic E-state index is 0.0375. The lowest BCUT2D eigenvalue weighted by atomic mass is 10.0. The number of ether oxygens (including phenoxy) is 1. The summed E-state index contributed by atoms with van der Waals surface area (Å²) in [5.74, 6) is -1.09. The van der Waals surface area contributed by atoms with E-state index in [0.717, 1.165) is 5.56 Å². The first-order valence-electron chi connectivity index (χ1n) is 8.33. The average molecular weight is 339 g/mol. The lowest BCUT2D eigenvalue weighted by Gasteiger charge is -2.38. The van der Waals surface area contributed by atoms with E-state index < -0.39 is 5.97 Å². The molecule has 2 aromatic rings. The van der Waals surface area contributed by atoms with Gasteiger partial charge in [0.1, 0.15) is 6.10 Å². The molecule has 2 aromatic carbocycles. The van der Waals surface area contributed by atoms with E-state index in [1.807, 2.05) is 37.3 Å². The molecule has 0 radical (unpaired) electrons.